The second-order valence-electron chi connectivity index (χ2n) is 7.00. The molecule has 32 heavy (non-hydrogen) atoms. The van der Waals surface area contributed by atoms with Crippen LogP contribution in [-0.4, -0.2) is 21.0 Å². The van der Waals surface area contributed by atoms with Gasteiger partial charge in [0, 0.05) is 11.6 Å². The number of amides is 1. The molecule has 0 aliphatic carbocycles. The zero-order chi connectivity index (χ0) is 21.8. The van der Waals surface area contributed by atoms with Crippen LogP contribution in [0.15, 0.2) is 95.6 Å². The second-order valence-corrected chi connectivity index (χ2v) is 7.00. The van der Waals surface area contributed by atoms with E-state index in [2.05, 4.69) is 20.4 Å². The van der Waals surface area contributed by atoms with Gasteiger partial charge in [-0.2, -0.15) is 4.98 Å². The number of fused-ring (bicyclic) bond motifs is 1. The van der Waals surface area contributed by atoms with E-state index >= 15 is 0 Å². The number of rotatable bonds is 6. The standard InChI is InChI=1S/C25H18N4O3/c30-24(20-13-6-8-17-9-7-15-26-23(17)20)27-21-14-5-4-12-19(21)25-28-22(29-32-25)16-31-18-10-2-1-3-11-18/h1-15H,16H2,(H,27,30). The van der Waals surface area contributed by atoms with Gasteiger partial charge in [0.05, 0.1) is 22.3 Å². The van der Waals surface area contributed by atoms with Crippen molar-refractivity contribution in [2.75, 3.05) is 5.32 Å². The molecule has 5 aromatic rings. The fourth-order valence-electron chi connectivity index (χ4n) is 3.34. The van der Waals surface area contributed by atoms with Crippen molar-refractivity contribution in [1.82, 2.24) is 15.1 Å². The number of pyridine rings is 1. The van der Waals surface area contributed by atoms with E-state index in [0.717, 1.165) is 11.1 Å². The Balaban J connectivity index is 1.37. The highest BCUT2D eigenvalue weighted by Crippen LogP contribution is 2.28. The van der Waals surface area contributed by atoms with Crippen molar-refractivity contribution < 1.29 is 14.1 Å². The van der Waals surface area contributed by atoms with E-state index < -0.39 is 0 Å². The van der Waals surface area contributed by atoms with E-state index in [0.29, 0.717) is 34.0 Å². The maximum atomic E-state index is 13.0. The number of aromatic nitrogens is 3. The molecule has 1 N–H and O–H groups in total. The minimum absolute atomic E-state index is 0.170. The summed E-state index contributed by atoms with van der Waals surface area (Å²) in [5.41, 5.74) is 2.31. The molecule has 0 spiro atoms. The zero-order valence-electron chi connectivity index (χ0n) is 16.9. The largest absolute Gasteiger partial charge is 0.485 e. The number of carbonyl (C=O) groups excluding carboxylic acids is 1. The number of para-hydroxylation sites is 3. The van der Waals surface area contributed by atoms with Gasteiger partial charge in [0.2, 0.25) is 5.82 Å². The molecule has 0 atom stereocenters. The van der Waals surface area contributed by atoms with Crippen LogP contribution in [-0.2, 0) is 6.61 Å². The number of hydrogen-bond acceptors (Lipinski definition) is 6. The number of hydrogen-bond donors (Lipinski definition) is 1. The van der Waals surface area contributed by atoms with Crippen LogP contribution in [0, 0.1) is 0 Å². The first kappa shape index (κ1) is 19.4. The minimum Gasteiger partial charge on any atom is -0.485 e. The lowest BCUT2D eigenvalue weighted by Crippen LogP contribution is -2.13. The van der Waals surface area contributed by atoms with Crippen LogP contribution in [0.25, 0.3) is 22.4 Å². The van der Waals surface area contributed by atoms with E-state index in [1.807, 2.05) is 72.8 Å². The third kappa shape index (κ3) is 4.04. The van der Waals surface area contributed by atoms with Crippen LogP contribution in [0.3, 0.4) is 0 Å². The predicted octanol–water partition coefficient (Wildman–Crippen LogP) is 5.12. The Morgan fingerprint density at radius 1 is 0.906 bits per heavy atom. The van der Waals surface area contributed by atoms with E-state index in [4.69, 9.17) is 9.26 Å². The third-order valence-electron chi connectivity index (χ3n) is 4.86. The summed E-state index contributed by atoms with van der Waals surface area (Å²) >= 11 is 0. The zero-order valence-corrected chi connectivity index (χ0v) is 16.9. The average Bonchev–Trinajstić information content (AvgIpc) is 3.32. The Bertz CT molecular complexity index is 1380. The number of carbonyl (C=O) groups is 1. The molecule has 0 saturated carbocycles. The van der Waals surface area contributed by atoms with Crippen LogP contribution >= 0.6 is 0 Å². The van der Waals surface area contributed by atoms with Gasteiger partial charge in [0.1, 0.15) is 5.75 Å². The number of nitrogens with zero attached hydrogens (tertiary/aromatic N) is 3. The number of benzene rings is 3. The van der Waals surface area contributed by atoms with Gasteiger partial charge in [0.15, 0.2) is 6.61 Å². The molecule has 0 unspecified atom stereocenters. The summed E-state index contributed by atoms with van der Waals surface area (Å²) < 4.78 is 11.1. The van der Waals surface area contributed by atoms with Crippen molar-refractivity contribution in [2.24, 2.45) is 0 Å². The molecule has 0 aliphatic rings. The SMILES string of the molecule is O=C(Nc1ccccc1-c1nc(COc2ccccc2)no1)c1cccc2cccnc12. The molecular weight excluding hydrogens is 404 g/mol. The van der Waals surface area contributed by atoms with Crippen molar-refractivity contribution in [3.63, 3.8) is 0 Å². The van der Waals surface area contributed by atoms with Crippen LogP contribution in [0.2, 0.25) is 0 Å². The minimum atomic E-state index is -0.270. The molecule has 0 fully saturated rings. The van der Waals surface area contributed by atoms with Crippen LogP contribution < -0.4 is 10.1 Å². The van der Waals surface area contributed by atoms with Gasteiger partial charge >= 0.3 is 0 Å². The van der Waals surface area contributed by atoms with Crippen molar-refractivity contribution in [1.29, 1.82) is 0 Å². The number of ether oxygens (including phenoxy) is 1. The van der Waals surface area contributed by atoms with E-state index in [1.54, 1.807) is 18.3 Å². The summed E-state index contributed by atoms with van der Waals surface area (Å²) in [5, 5.41) is 7.84. The Morgan fingerprint density at radius 3 is 2.62 bits per heavy atom. The lowest BCUT2D eigenvalue weighted by molar-refractivity contribution is 0.102. The lowest BCUT2D eigenvalue weighted by Gasteiger charge is -2.10. The van der Waals surface area contributed by atoms with Crippen molar-refractivity contribution in [3.05, 3.63) is 103 Å². The molecule has 156 valence electrons. The van der Waals surface area contributed by atoms with Crippen molar-refractivity contribution in [3.8, 4) is 17.2 Å². The van der Waals surface area contributed by atoms with Gasteiger partial charge in [-0.3, -0.25) is 9.78 Å². The molecule has 5 rings (SSSR count). The van der Waals surface area contributed by atoms with Gasteiger partial charge in [-0.15, -0.1) is 0 Å². The monoisotopic (exact) mass is 422 g/mol. The molecule has 2 heterocycles. The smallest absolute Gasteiger partial charge is 0.260 e. The van der Waals surface area contributed by atoms with Gasteiger partial charge in [0.25, 0.3) is 11.8 Å². The predicted molar refractivity (Wildman–Crippen MR) is 120 cm³/mol. The first-order chi connectivity index (χ1) is 15.8. The molecule has 0 bridgehead atoms. The highest BCUT2D eigenvalue weighted by molar-refractivity contribution is 6.12. The van der Waals surface area contributed by atoms with Crippen LogP contribution in [0.5, 0.6) is 5.75 Å². The van der Waals surface area contributed by atoms with E-state index in [1.165, 1.54) is 0 Å². The molecule has 7 nitrogen and oxygen atoms in total. The topological polar surface area (TPSA) is 90.1 Å². The normalized spacial score (nSPS) is 10.8. The fourth-order valence-corrected chi connectivity index (χ4v) is 3.34. The summed E-state index contributed by atoms with van der Waals surface area (Å²) in [5.74, 6) is 1.15. The van der Waals surface area contributed by atoms with Crippen molar-refractivity contribution in [2.45, 2.75) is 6.61 Å². The molecule has 1 amide bonds. The summed E-state index contributed by atoms with van der Waals surface area (Å²) in [6.45, 7) is 0.170. The van der Waals surface area contributed by atoms with Gasteiger partial charge in [-0.05, 0) is 36.4 Å². The van der Waals surface area contributed by atoms with Gasteiger partial charge in [-0.25, -0.2) is 0 Å². The second kappa shape index (κ2) is 8.69. The van der Waals surface area contributed by atoms with E-state index in [9.17, 15) is 4.79 Å². The van der Waals surface area contributed by atoms with Crippen LogP contribution in [0.1, 0.15) is 16.2 Å². The Labute approximate surface area is 183 Å². The molecule has 3 aromatic carbocycles. The number of nitrogens with one attached hydrogen (secondary N) is 1. The van der Waals surface area contributed by atoms with Crippen LogP contribution in [0.4, 0.5) is 5.69 Å². The lowest BCUT2D eigenvalue weighted by atomic mass is 10.1. The first-order valence-corrected chi connectivity index (χ1v) is 10.0. The number of anilines is 1. The fraction of sp³-hybridized carbons (Fsp3) is 0.0400. The molecule has 0 saturated heterocycles. The van der Waals surface area contributed by atoms with E-state index in [-0.39, 0.29) is 12.5 Å². The third-order valence-corrected chi connectivity index (χ3v) is 4.86. The Morgan fingerprint density at radius 2 is 1.72 bits per heavy atom. The quantitative estimate of drug-likeness (QED) is 0.409. The summed E-state index contributed by atoms with van der Waals surface area (Å²) in [7, 11) is 0. The highest BCUT2D eigenvalue weighted by Gasteiger charge is 2.17. The molecule has 7 heteroatoms. The first-order valence-electron chi connectivity index (χ1n) is 10.0. The Hall–Kier alpha value is -4.52. The molecule has 2 aromatic heterocycles. The maximum Gasteiger partial charge on any atom is 0.260 e. The molecular formula is C25H18N4O3. The summed E-state index contributed by atoms with van der Waals surface area (Å²) in [6, 6.07) is 25.9. The Kier molecular flexibility index (Phi) is 5.28. The maximum absolute atomic E-state index is 13.0. The highest BCUT2D eigenvalue weighted by atomic mass is 16.5. The summed E-state index contributed by atoms with van der Waals surface area (Å²) in [6.07, 6.45) is 1.67. The summed E-state index contributed by atoms with van der Waals surface area (Å²) in [4.78, 5) is 21.8. The average molecular weight is 422 g/mol. The van der Waals surface area contributed by atoms with Crippen molar-refractivity contribution >= 4 is 22.5 Å². The molecule has 0 aliphatic heterocycles. The van der Waals surface area contributed by atoms with Gasteiger partial charge in [-0.1, -0.05) is 53.7 Å². The molecule has 0 radical (unpaired) electrons. The van der Waals surface area contributed by atoms with Gasteiger partial charge < -0.3 is 14.6 Å².